The van der Waals surface area contributed by atoms with Gasteiger partial charge in [0.2, 0.25) is 0 Å². The minimum Gasteiger partial charge on any atom is -0.492 e. The third kappa shape index (κ3) is 10.9. The molecule has 1 aromatic heterocycles. The first kappa shape index (κ1) is 22.4. The van der Waals surface area contributed by atoms with Gasteiger partial charge in [0.15, 0.2) is 0 Å². The van der Waals surface area contributed by atoms with E-state index in [1.165, 1.54) is 18.5 Å². The minimum atomic E-state index is -1.26. The first-order valence-electron chi connectivity index (χ1n) is 9.20. The van der Waals surface area contributed by atoms with E-state index in [2.05, 4.69) is 28.2 Å². The van der Waals surface area contributed by atoms with Gasteiger partial charge in [-0.25, -0.2) is 9.59 Å². The van der Waals surface area contributed by atoms with Crippen LogP contribution in [-0.2, 0) is 9.59 Å². The third-order valence-corrected chi connectivity index (χ3v) is 3.76. The number of nitrogens with one attached hydrogen (secondary N) is 1. The largest absolute Gasteiger partial charge is 0.492 e. The molecule has 3 N–H and O–H groups in total. The van der Waals surface area contributed by atoms with Gasteiger partial charge in [-0.3, -0.25) is 4.98 Å². The van der Waals surface area contributed by atoms with Gasteiger partial charge in [-0.1, -0.05) is 13.3 Å². The number of pyridine rings is 1. The number of rotatable bonds is 7. The van der Waals surface area contributed by atoms with Crippen molar-refractivity contribution in [2.24, 2.45) is 0 Å². The minimum absolute atomic E-state index is 0.558. The molecule has 1 saturated heterocycles. The van der Waals surface area contributed by atoms with E-state index in [1.54, 1.807) is 0 Å². The zero-order valence-corrected chi connectivity index (χ0v) is 15.8. The molecule has 1 aliphatic rings. The highest BCUT2D eigenvalue weighted by molar-refractivity contribution is 5.89. The Kier molecular flexibility index (Phi) is 11.3. The molecule has 150 valence electrons. The van der Waals surface area contributed by atoms with Crippen LogP contribution in [0, 0.1) is 0 Å². The Morgan fingerprint density at radius 3 is 2.37 bits per heavy atom. The summed E-state index contributed by atoms with van der Waals surface area (Å²) in [6, 6.07) is 2.12. The maximum absolute atomic E-state index is 9.55. The van der Waals surface area contributed by atoms with Gasteiger partial charge in [-0.05, 0) is 32.4 Å². The van der Waals surface area contributed by atoms with Crippen LogP contribution in [0.1, 0.15) is 32.6 Å². The summed E-state index contributed by atoms with van der Waals surface area (Å²) in [5.74, 6) is -1.62. The number of ether oxygens (including phenoxy) is 1. The molecule has 0 radical (unpaired) electrons. The zero-order chi connectivity index (χ0) is 19.9. The van der Waals surface area contributed by atoms with Gasteiger partial charge in [0.05, 0.1) is 24.7 Å². The Morgan fingerprint density at radius 2 is 1.81 bits per heavy atom. The standard InChI is InChI=1S/C15H25N3O.C4H4O4/c1-2-3-10-19-15-11-14(12-17-13-15)18-8-4-6-16-7-5-9-18;5-3(6)1-2-4(7)8/h11-13,16H,2-10H2,1H3;1-2H,(H,5,6)(H,7,8)/b;2-1+. The molecule has 0 bridgehead atoms. The molecule has 8 nitrogen and oxygen atoms in total. The average molecular weight is 379 g/mol. The Morgan fingerprint density at radius 1 is 1.19 bits per heavy atom. The van der Waals surface area contributed by atoms with E-state index in [0.717, 1.165) is 51.4 Å². The van der Waals surface area contributed by atoms with Crippen LogP contribution >= 0.6 is 0 Å². The normalized spacial score (nSPS) is 14.6. The highest BCUT2D eigenvalue weighted by atomic mass is 16.5. The smallest absolute Gasteiger partial charge is 0.328 e. The van der Waals surface area contributed by atoms with Crippen LogP contribution in [0.25, 0.3) is 0 Å². The second-order valence-corrected chi connectivity index (χ2v) is 6.03. The fourth-order valence-corrected chi connectivity index (χ4v) is 2.42. The van der Waals surface area contributed by atoms with E-state index in [1.807, 2.05) is 12.4 Å². The van der Waals surface area contributed by atoms with Gasteiger partial charge in [0.1, 0.15) is 5.75 Å². The van der Waals surface area contributed by atoms with E-state index in [-0.39, 0.29) is 0 Å². The third-order valence-electron chi connectivity index (χ3n) is 3.76. The summed E-state index contributed by atoms with van der Waals surface area (Å²) in [6.07, 6.45) is 9.49. The van der Waals surface area contributed by atoms with Crippen molar-refractivity contribution in [1.29, 1.82) is 0 Å². The van der Waals surface area contributed by atoms with Gasteiger partial charge in [0.25, 0.3) is 0 Å². The molecule has 0 aromatic carbocycles. The lowest BCUT2D eigenvalue weighted by Crippen LogP contribution is -2.33. The molecule has 0 atom stereocenters. The van der Waals surface area contributed by atoms with Crippen molar-refractivity contribution in [3.05, 3.63) is 30.6 Å². The first-order valence-corrected chi connectivity index (χ1v) is 9.20. The van der Waals surface area contributed by atoms with Crippen molar-refractivity contribution in [3.8, 4) is 5.75 Å². The molecule has 27 heavy (non-hydrogen) atoms. The van der Waals surface area contributed by atoms with Crippen LogP contribution in [-0.4, -0.2) is 59.9 Å². The summed E-state index contributed by atoms with van der Waals surface area (Å²) in [5, 5.41) is 19.1. The van der Waals surface area contributed by atoms with Crippen molar-refractivity contribution in [3.63, 3.8) is 0 Å². The van der Waals surface area contributed by atoms with Crippen molar-refractivity contribution in [2.45, 2.75) is 32.6 Å². The molecule has 0 unspecified atom stereocenters. The summed E-state index contributed by atoms with van der Waals surface area (Å²) in [6.45, 7) is 7.35. The van der Waals surface area contributed by atoms with E-state index < -0.39 is 11.9 Å². The maximum Gasteiger partial charge on any atom is 0.328 e. The summed E-state index contributed by atoms with van der Waals surface area (Å²) in [5.41, 5.74) is 1.19. The molecular formula is C19H29N3O5. The number of carbonyl (C=O) groups is 2. The number of unbranched alkanes of at least 4 members (excludes halogenated alkanes) is 1. The SMILES string of the molecule is CCCCOc1cncc(N2CCCNCCC2)c1.O=C(O)/C=C/C(=O)O. The molecule has 0 aliphatic carbocycles. The Labute approximate surface area is 159 Å². The number of hydrogen-bond donors (Lipinski definition) is 3. The zero-order valence-electron chi connectivity index (χ0n) is 15.8. The summed E-state index contributed by atoms with van der Waals surface area (Å²) in [7, 11) is 0. The summed E-state index contributed by atoms with van der Waals surface area (Å²) in [4.78, 5) is 25.8. The number of aliphatic carboxylic acids is 2. The number of carboxylic acid groups (broad SMARTS) is 2. The van der Waals surface area contributed by atoms with Crippen LogP contribution in [0.2, 0.25) is 0 Å². The fourth-order valence-electron chi connectivity index (χ4n) is 2.42. The predicted octanol–water partition coefficient (Wildman–Crippen LogP) is 2.16. The van der Waals surface area contributed by atoms with Crippen LogP contribution in [0.3, 0.4) is 0 Å². The fraction of sp³-hybridized carbons (Fsp3) is 0.526. The molecule has 2 heterocycles. The van der Waals surface area contributed by atoms with Gasteiger partial charge >= 0.3 is 11.9 Å². The maximum atomic E-state index is 9.55. The van der Waals surface area contributed by atoms with Gasteiger partial charge in [0, 0.05) is 31.3 Å². The topological polar surface area (TPSA) is 112 Å². The van der Waals surface area contributed by atoms with Gasteiger partial charge < -0.3 is 25.2 Å². The average Bonchev–Trinajstić information content (AvgIpc) is 2.61. The van der Waals surface area contributed by atoms with Crippen molar-refractivity contribution in [1.82, 2.24) is 10.3 Å². The lowest BCUT2D eigenvalue weighted by atomic mass is 10.2. The highest BCUT2D eigenvalue weighted by Crippen LogP contribution is 2.20. The monoisotopic (exact) mass is 379 g/mol. The lowest BCUT2D eigenvalue weighted by Gasteiger charge is -2.27. The summed E-state index contributed by atoms with van der Waals surface area (Å²) < 4.78 is 5.73. The Balaban J connectivity index is 0.000000387. The number of anilines is 1. The second-order valence-electron chi connectivity index (χ2n) is 6.03. The van der Waals surface area contributed by atoms with Crippen LogP contribution in [0.5, 0.6) is 5.75 Å². The van der Waals surface area contributed by atoms with Crippen molar-refractivity contribution >= 4 is 17.6 Å². The van der Waals surface area contributed by atoms with Gasteiger partial charge in [-0.2, -0.15) is 0 Å². The molecule has 1 fully saturated rings. The van der Waals surface area contributed by atoms with Crippen LogP contribution in [0.15, 0.2) is 30.6 Å². The molecule has 0 amide bonds. The Hall–Kier alpha value is -2.61. The van der Waals surface area contributed by atoms with E-state index in [9.17, 15) is 9.59 Å². The highest BCUT2D eigenvalue weighted by Gasteiger charge is 2.10. The molecule has 0 spiro atoms. The number of nitrogens with zero attached hydrogens (tertiary/aromatic N) is 2. The molecule has 1 aliphatic heterocycles. The number of hydrogen-bond acceptors (Lipinski definition) is 6. The van der Waals surface area contributed by atoms with E-state index in [4.69, 9.17) is 14.9 Å². The van der Waals surface area contributed by atoms with E-state index in [0.29, 0.717) is 12.2 Å². The lowest BCUT2D eigenvalue weighted by molar-refractivity contribution is -0.134. The molecular weight excluding hydrogens is 350 g/mol. The molecule has 1 aromatic rings. The van der Waals surface area contributed by atoms with Crippen LogP contribution in [0.4, 0.5) is 5.69 Å². The van der Waals surface area contributed by atoms with Crippen LogP contribution < -0.4 is 15.0 Å². The Bertz CT molecular complexity index is 583. The quantitative estimate of drug-likeness (QED) is 0.488. The number of aromatic nitrogens is 1. The van der Waals surface area contributed by atoms with Crippen molar-refractivity contribution in [2.75, 3.05) is 37.7 Å². The van der Waals surface area contributed by atoms with Crippen molar-refractivity contribution < 1.29 is 24.5 Å². The molecule has 0 saturated carbocycles. The molecule has 2 rings (SSSR count). The molecule has 8 heteroatoms. The first-order chi connectivity index (χ1) is 13.0. The van der Waals surface area contributed by atoms with E-state index >= 15 is 0 Å². The van der Waals surface area contributed by atoms with Gasteiger partial charge in [-0.15, -0.1) is 0 Å². The predicted molar refractivity (Wildman–Crippen MR) is 103 cm³/mol. The number of carboxylic acids is 2. The summed E-state index contributed by atoms with van der Waals surface area (Å²) >= 11 is 0. The second kappa shape index (κ2) is 13.6.